The molecule has 2 aromatic carbocycles. The Hall–Kier alpha value is -2.30. The molecule has 0 N–H and O–H groups in total. The van der Waals surface area contributed by atoms with Gasteiger partial charge in [-0.25, -0.2) is 4.68 Å². The lowest BCUT2D eigenvalue weighted by atomic mass is 10.1. The van der Waals surface area contributed by atoms with Gasteiger partial charge < -0.3 is 4.74 Å². The summed E-state index contributed by atoms with van der Waals surface area (Å²) in [6.07, 6.45) is 0.0530. The number of ether oxygens (including phenoxy) is 1. The molecule has 0 spiro atoms. The van der Waals surface area contributed by atoms with Gasteiger partial charge in [-0.05, 0) is 31.2 Å². The number of carbonyl (C=O) groups excluding carboxylic acids is 1. The molecule has 3 rings (SSSR count). The average molecular weight is 375 g/mol. The molecule has 0 saturated heterocycles. The van der Waals surface area contributed by atoms with E-state index in [2.05, 4.69) is 5.10 Å². The molecule has 4 nitrogen and oxygen atoms in total. The molecule has 0 aliphatic carbocycles. The van der Waals surface area contributed by atoms with Crippen LogP contribution in [0.4, 0.5) is 0 Å². The third-order valence-corrected chi connectivity index (χ3v) is 4.31. The van der Waals surface area contributed by atoms with Crippen LogP contribution in [0.3, 0.4) is 0 Å². The Morgan fingerprint density at radius 2 is 1.76 bits per heavy atom. The van der Waals surface area contributed by atoms with E-state index in [1.165, 1.54) is 0 Å². The predicted octanol–water partition coefficient (Wildman–Crippen LogP) is 4.95. The number of para-hydroxylation sites is 1. The van der Waals surface area contributed by atoms with E-state index >= 15 is 0 Å². The van der Waals surface area contributed by atoms with Gasteiger partial charge in [0.1, 0.15) is 5.15 Å². The second-order valence-corrected chi connectivity index (χ2v) is 6.15. The molecule has 6 heteroatoms. The molecule has 0 aliphatic rings. The summed E-state index contributed by atoms with van der Waals surface area (Å²) in [6.45, 7) is 2.09. The van der Waals surface area contributed by atoms with Crippen molar-refractivity contribution < 1.29 is 9.53 Å². The molecule has 0 aliphatic heterocycles. The van der Waals surface area contributed by atoms with Gasteiger partial charge in [-0.15, -0.1) is 0 Å². The van der Waals surface area contributed by atoms with Crippen LogP contribution in [0.25, 0.3) is 16.9 Å². The Bertz CT molecular complexity index is 874. The van der Waals surface area contributed by atoms with Gasteiger partial charge in [-0.2, -0.15) is 5.10 Å². The van der Waals surface area contributed by atoms with Crippen LogP contribution in [0.15, 0.2) is 54.6 Å². The number of nitrogens with zero attached hydrogens (tertiary/aromatic N) is 2. The summed E-state index contributed by atoms with van der Waals surface area (Å²) in [5.41, 5.74) is 2.92. The highest BCUT2D eigenvalue weighted by Crippen LogP contribution is 2.32. The van der Waals surface area contributed by atoms with Crippen molar-refractivity contribution in [2.24, 2.45) is 0 Å². The van der Waals surface area contributed by atoms with Crippen LogP contribution in [-0.4, -0.2) is 22.4 Å². The van der Waals surface area contributed by atoms with Gasteiger partial charge in [-0.3, -0.25) is 4.79 Å². The van der Waals surface area contributed by atoms with Gasteiger partial charge in [-0.1, -0.05) is 53.5 Å². The Morgan fingerprint density at radius 1 is 1.08 bits per heavy atom. The molecule has 1 aromatic heterocycles. The lowest BCUT2D eigenvalue weighted by Crippen LogP contribution is -2.08. The van der Waals surface area contributed by atoms with E-state index < -0.39 is 0 Å². The monoisotopic (exact) mass is 374 g/mol. The number of carbonyl (C=O) groups is 1. The largest absolute Gasteiger partial charge is 0.466 e. The summed E-state index contributed by atoms with van der Waals surface area (Å²) in [4.78, 5) is 12.0. The Morgan fingerprint density at radius 3 is 2.40 bits per heavy atom. The van der Waals surface area contributed by atoms with Gasteiger partial charge in [0, 0.05) is 16.1 Å². The van der Waals surface area contributed by atoms with Crippen molar-refractivity contribution in [2.75, 3.05) is 6.61 Å². The molecular formula is C19H16Cl2N2O2. The maximum absolute atomic E-state index is 12.0. The molecule has 0 atom stereocenters. The SMILES string of the molecule is CCOC(=O)Cc1c(-c2ccc(Cl)cc2)nn(-c2ccccc2)c1Cl. The lowest BCUT2D eigenvalue weighted by Gasteiger charge is -2.04. The van der Waals surface area contributed by atoms with E-state index in [1.807, 2.05) is 42.5 Å². The summed E-state index contributed by atoms with van der Waals surface area (Å²) < 4.78 is 6.70. The summed E-state index contributed by atoms with van der Waals surface area (Å²) in [7, 11) is 0. The zero-order chi connectivity index (χ0) is 17.8. The quantitative estimate of drug-likeness (QED) is 0.593. The topological polar surface area (TPSA) is 44.1 Å². The number of hydrogen-bond donors (Lipinski definition) is 0. The van der Waals surface area contributed by atoms with Gasteiger partial charge in [0.15, 0.2) is 0 Å². The Balaban J connectivity index is 2.11. The zero-order valence-corrected chi connectivity index (χ0v) is 15.1. The van der Waals surface area contributed by atoms with Crippen molar-refractivity contribution in [2.45, 2.75) is 13.3 Å². The van der Waals surface area contributed by atoms with Crippen molar-refractivity contribution in [3.63, 3.8) is 0 Å². The first-order valence-corrected chi connectivity index (χ1v) is 8.60. The van der Waals surface area contributed by atoms with Crippen LogP contribution in [-0.2, 0) is 16.0 Å². The molecular weight excluding hydrogens is 359 g/mol. The number of esters is 1. The summed E-state index contributed by atoms with van der Waals surface area (Å²) >= 11 is 12.5. The highest BCUT2D eigenvalue weighted by Gasteiger charge is 2.21. The average Bonchev–Trinajstić information content (AvgIpc) is 2.93. The van der Waals surface area contributed by atoms with E-state index in [0.717, 1.165) is 11.3 Å². The van der Waals surface area contributed by atoms with Gasteiger partial charge in [0.2, 0.25) is 0 Å². The fourth-order valence-electron chi connectivity index (χ4n) is 2.52. The fourth-order valence-corrected chi connectivity index (χ4v) is 2.94. The minimum atomic E-state index is -0.341. The van der Waals surface area contributed by atoms with Gasteiger partial charge in [0.05, 0.1) is 24.4 Å². The highest BCUT2D eigenvalue weighted by molar-refractivity contribution is 6.31. The molecule has 0 saturated carbocycles. The molecule has 0 radical (unpaired) electrons. The number of benzene rings is 2. The number of halogens is 2. The number of aromatic nitrogens is 2. The second kappa shape index (κ2) is 7.72. The van der Waals surface area contributed by atoms with E-state index in [1.54, 1.807) is 23.7 Å². The smallest absolute Gasteiger partial charge is 0.310 e. The fraction of sp³-hybridized carbons (Fsp3) is 0.158. The lowest BCUT2D eigenvalue weighted by molar-refractivity contribution is -0.142. The molecule has 3 aromatic rings. The normalized spacial score (nSPS) is 10.7. The molecule has 0 unspecified atom stereocenters. The van der Waals surface area contributed by atoms with E-state index in [-0.39, 0.29) is 12.4 Å². The van der Waals surface area contributed by atoms with Crippen LogP contribution in [0, 0.1) is 0 Å². The number of rotatable bonds is 5. The predicted molar refractivity (Wildman–Crippen MR) is 99.4 cm³/mol. The molecule has 128 valence electrons. The summed E-state index contributed by atoms with van der Waals surface area (Å²) in [5.74, 6) is -0.341. The molecule has 0 fully saturated rings. The van der Waals surface area contributed by atoms with Crippen LogP contribution in [0.1, 0.15) is 12.5 Å². The van der Waals surface area contributed by atoms with E-state index in [4.69, 9.17) is 27.9 Å². The first-order chi connectivity index (χ1) is 12.1. The van der Waals surface area contributed by atoms with Crippen molar-refractivity contribution in [3.05, 3.63) is 70.3 Å². The molecule has 1 heterocycles. The Labute approximate surface area is 155 Å². The van der Waals surface area contributed by atoms with E-state index in [0.29, 0.717) is 28.0 Å². The first kappa shape index (κ1) is 17.5. The maximum atomic E-state index is 12.0. The minimum absolute atomic E-state index is 0.0530. The molecule has 0 bridgehead atoms. The second-order valence-electron chi connectivity index (χ2n) is 5.35. The van der Waals surface area contributed by atoms with Crippen LogP contribution in [0.2, 0.25) is 10.2 Å². The van der Waals surface area contributed by atoms with Gasteiger partial charge in [0.25, 0.3) is 0 Å². The number of hydrogen-bond acceptors (Lipinski definition) is 3. The van der Waals surface area contributed by atoms with Crippen molar-refractivity contribution >= 4 is 29.2 Å². The standard InChI is InChI=1S/C19H16Cl2N2O2/c1-2-25-17(24)12-16-18(13-8-10-14(20)11-9-13)22-23(19(16)21)15-6-4-3-5-7-15/h3-11H,2,12H2,1H3. The third kappa shape index (κ3) is 3.86. The van der Waals surface area contributed by atoms with Crippen molar-refractivity contribution in [1.82, 2.24) is 9.78 Å². The van der Waals surface area contributed by atoms with Crippen molar-refractivity contribution in [3.8, 4) is 16.9 Å². The summed E-state index contributed by atoms with van der Waals surface area (Å²) in [5, 5.41) is 5.65. The molecule has 25 heavy (non-hydrogen) atoms. The third-order valence-electron chi connectivity index (χ3n) is 3.67. The highest BCUT2D eigenvalue weighted by atomic mass is 35.5. The van der Waals surface area contributed by atoms with Crippen LogP contribution < -0.4 is 0 Å². The van der Waals surface area contributed by atoms with Crippen LogP contribution in [0.5, 0.6) is 0 Å². The maximum Gasteiger partial charge on any atom is 0.310 e. The van der Waals surface area contributed by atoms with Gasteiger partial charge >= 0.3 is 5.97 Å². The van der Waals surface area contributed by atoms with Crippen LogP contribution >= 0.6 is 23.2 Å². The Kier molecular flexibility index (Phi) is 5.41. The minimum Gasteiger partial charge on any atom is -0.466 e. The zero-order valence-electron chi connectivity index (χ0n) is 13.6. The van der Waals surface area contributed by atoms with Crippen molar-refractivity contribution in [1.29, 1.82) is 0 Å². The first-order valence-electron chi connectivity index (χ1n) is 7.84. The van der Waals surface area contributed by atoms with E-state index in [9.17, 15) is 4.79 Å². The molecule has 0 amide bonds. The summed E-state index contributed by atoms with van der Waals surface area (Å²) in [6, 6.07) is 16.8.